The van der Waals surface area contributed by atoms with E-state index in [1.165, 1.54) is 0 Å². The predicted molar refractivity (Wildman–Crippen MR) is 77.2 cm³/mol. The number of nitrogens with zero attached hydrogens (tertiary/aromatic N) is 2. The van der Waals surface area contributed by atoms with Crippen molar-refractivity contribution < 1.29 is 5.11 Å². The molecule has 0 atom stereocenters. The molecule has 0 amide bonds. The van der Waals surface area contributed by atoms with Gasteiger partial charge < -0.3 is 15.7 Å². The molecule has 1 heterocycles. The van der Waals surface area contributed by atoms with E-state index in [4.69, 9.17) is 5.11 Å². The maximum atomic E-state index is 8.87. The molecule has 0 aliphatic heterocycles. The number of hydrogen-bond donors (Lipinski definition) is 3. The van der Waals surface area contributed by atoms with Crippen molar-refractivity contribution in [3.63, 3.8) is 0 Å². The van der Waals surface area contributed by atoms with Crippen LogP contribution in [-0.4, -0.2) is 34.8 Å². The van der Waals surface area contributed by atoms with Crippen LogP contribution in [0.3, 0.4) is 0 Å². The summed E-state index contributed by atoms with van der Waals surface area (Å²) in [6, 6.07) is 11.7. The zero-order valence-electron chi connectivity index (χ0n) is 10.9. The molecule has 100 valence electrons. The SMILES string of the molecule is CCNc1cc(NCCO)nc(-c2ccccc2)n1. The molecule has 1 aromatic carbocycles. The average Bonchev–Trinajstić information content (AvgIpc) is 2.46. The molecule has 0 spiro atoms. The Labute approximate surface area is 112 Å². The highest BCUT2D eigenvalue weighted by atomic mass is 16.3. The Hall–Kier alpha value is -2.14. The molecule has 0 saturated carbocycles. The van der Waals surface area contributed by atoms with E-state index in [1.54, 1.807) is 0 Å². The highest BCUT2D eigenvalue weighted by Crippen LogP contribution is 2.19. The van der Waals surface area contributed by atoms with E-state index in [9.17, 15) is 0 Å². The van der Waals surface area contributed by atoms with E-state index in [-0.39, 0.29) is 6.61 Å². The molecule has 5 heteroatoms. The fraction of sp³-hybridized carbons (Fsp3) is 0.286. The molecule has 1 aromatic heterocycles. The van der Waals surface area contributed by atoms with Crippen molar-refractivity contribution in [3.8, 4) is 11.4 Å². The summed E-state index contributed by atoms with van der Waals surface area (Å²) in [4.78, 5) is 8.93. The lowest BCUT2D eigenvalue weighted by Gasteiger charge is -2.10. The molecule has 0 aliphatic rings. The molecule has 0 fully saturated rings. The molecule has 2 aromatic rings. The van der Waals surface area contributed by atoms with Gasteiger partial charge in [0.1, 0.15) is 11.6 Å². The second-order valence-corrected chi connectivity index (χ2v) is 4.01. The van der Waals surface area contributed by atoms with Crippen LogP contribution >= 0.6 is 0 Å². The van der Waals surface area contributed by atoms with Crippen molar-refractivity contribution in [2.24, 2.45) is 0 Å². The van der Waals surface area contributed by atoms with Gasteiger partial charge in [0.15, 0.2) is 5.82 Å². The Bertz CT molecular complexity index is 516. The highest BCUT2D eigenvalue weighted by molar-refractivity contribution is 5.61. The van der Waals surface area contributed by atoms with Gasteiger partial charge >= 0.3 is 0 Å². The first-order valence-electron chi connectivity index (χ1n) is 6.36. The Morgan fingerprint density at radius 3 is 2.37 bits per heavy atom. The Kier molecular flexibility index (Phi) is 4.69. The summed E-state index contributed by atoms with van der Waals surface area (Å²) >= 11 is 0. The van der Waals surface area contributed by atoms with Crippen molar-refractivity contribution in [3.05, 3.63) is 36.4 Å². The largest absolute Gasteiger partial charge is 0.395 e. The molecule has 0 aliphatic carbocycles. The van der Waals surface area contributed by atoms with Gasteiger partial charge in [-0.3, -0.25) is 0 Å². The molecule has 5 nitrogen and oxygen atoms in total. The number of aliphatic hydroxyl groups excluding tert-OH is 1. The van der Waals surface area contributed by atoms with E-state index in [0.717, 1.165) is 17.9 Å². The normalized spacial score (nSPS) is 10.2. The Balaban J connectivity index is 2.33. The van der Waals surface area contributed by atoms with Crippen LogP contribution in [0.15, 0.2) is 36.4 Å². The standard InChI is InChI=1S/C14H18N4O/c1-2-15-12-10-13(16-8-9-19)18-14(17-12)11-6-4-3-5-7-11/h3-7,10,19H,2,8-9H2,1H3,(H2,15,16,17,18). The predicted octanol–water partition coefficient (Wildman–Crippen LogP) is 1.98. The Morgan fingerprint density at radius 1 is 1.05 bits per heavy atom. The second kappa shape index (κ2) is 6.70. The molecule has 0 saturated heterocycles. The third kappa shape index (κ3) is 3.66. The molecular weight excluding hydrogens is 240 g/mol. The lowest BCUT2D eigenvalue weighted by molar-refractivity contribution is 0.311. The molecule has 0 radical (unpaired) electrons. The van der Waals surface area contributed by atoms with Gasteiger partial charge in [-0.15, -0.1) is 0 Å². The van der Waals surface area contributed by atoms with E-state index < -0.39 is 0 Å². The van der Waals surface area contributed by atoms with Crippen LogP contribution in [0.4, 0.5) is 11.6 Å². The number of hydrogen-bond acceptors (Lipinski definition) is 5. The van der Waals surface area contributed by atoms with Crippen molar-refractivity contribution in [2.75, 3.05) is 30.3 Å². The third-order valence-electron chi connectivity index (χ3n) is 2.53. The fourth-order valence-corrected chi connectivity index (χ4v) is 1.71. The summed E-state index contributed by atoms with van der Waals surface area (Å²) < 4.78 is 0. The molecule has 0 unspecified atom stereocenters. The molecule has 3 N–H and O–H groups in total. The number of aliphatic hydroxyl groups is 1. The van der Waals surface area contributed by atoms with Crippen LogP contribution in [0.1, 0.15) is 6.92 Å². The molecule has 19 heavy (non-hydrogen) atoms. The number of benzene rings is 1. The van der Waals surface area contributed by atoms with Gasteiger partial charge in [-0.2, -0.15) is 0 Å². The van der Waals surface area contributed by atoms with Crippen LogP contribution in [-0.2, 0) is 0 Å². The molecule has 2 rings (SSSR count). The van der Waals surface area contributed by atoms with Crippen LogP contribution in [0.5, 0.6) is 0 Å². The van der Waals surface area contributed by atoms with E-state index in [0.29, 0.717) is 18.2 Å². The van der Waals surface area contributed by atoms with Gasteiger partial charge in [-0.25, -0.2) is 9.97 Å². The van der Waals surface area contributed by atoms with Crippen molar-refractivity contribution in [1.82, 2.24) is 9.97 Å². The molecular formula is C14H18N4O. The van der Waals surface area contributed by atoms with E-state index >= 15 is 0 Å². The smallest absolute Gasteiger partial charge is 0.163 e. The average molecular weight is 258 g/mol. The van der Waals surface area contributed by atoms with Crippen molar-refractivity contribution in [1.29, 1.82) is 0 Å². The van der Waals surface area contributed by atoms with E-state index in [1.807, 2.05) is 43.3 Å². The summed E-state index contributed by atoms with van der Waals surface area (Å²) in [5, 5.41) is 15.1. The fourth-order valence-electron chi connectivity index (χ4n) is 1.71. The van der Waals surface area contributed by atoms with Crippen LogP contribution in [0, 0.1) is 0 Å². The van der Waals surface area contributed by atoms with E-state index in [2.05, 4.69) is 20.6 Å². The number of rotatable bonds is 6. The summed E-state index contributed by atoms with van der Waals surface area (Å²) in [7, 11) is 0. The first kappa shape index (κ1) is 13.3. The van der Waals surface area contributed by atoms with Gasteiger partial charge in [-0.1, -0.05) is 30.3 Å². The first-order chi connectivity index (χ1) is 9.33. The quantitative estimate of drug-likeness (QED) is 0.739. The lowest BCUT2D eigenvalue weighted by Crippen LogP contribution is -2.09. The van der Waals surface area contributed by atoms with Crippen LogP contribution < -0.4 is 10.6 Å². The summed E-state index contributed by atoms with van der Waals surface area (Å²) in [6.07, 6.45) is 0. The highest BCUT2D eigenvalue weighted by Gasteiger charge is 2.05. The van der Waals surface area contributed by atoms with Crippen molar-refractivity contribution in [2.45, 2.75) is 6.92 Å². The first-order valence-corrected chi connectivity index (χ1v) is 6.36. The topological polar surface area (TPSA) is 70.1 Å². The zero-order chi connectivity index (χ0) is 13.5. The summed E-state index contributed by atoms with van der Waals surface area (Å²) in [6.45, 7) is 3.35. The van der Waals surface area contributed by atoms with Crippen LogP contribution in [0.25, 0.3) is 11.4 Å². The lowest BCUT2D eigenvalue weighted by atomic mass is 10.2. The molecule has 0 bridgehead atoms. The summed E-state index contributed by atoms with van der Waals surface area (Å²) in [5.41, 5.74) is 0.967. The minimum Gasteiger partial charge on any atom is -0.395 e. The summed E-state index contributed by atoms with van der Waals surface area (Å²) in [5.74, 6) is 2.15. The van der Waals surface area contributed by atoms with Gasteiger partial charge in [0.2, 0.25) is 0 Å². The van der Waals surface area contributed by atoms with Gasteiger partial charge in [0.05, 0.1) is 6.61 Å². The van der Waals surface area contributed by atoms with Crippen molar-refractivity contribution >= 4 is 11.6 Å². The third-order valence-corrected chi connectivity index (χ3v) is 2.53. The maximum absolute atomic E-state index is 8.87. The van der Waals surface area contributed by atoms with Gasteiger partial charge in [0, 0.05) is 24.7 Å². The Morgan fingerprint density at radius 2 is 1.74 bits per heavy atom. The minimum atomic E-state index is 0.0706. The number of nitrogens with one attached hydrogen (secondary N) is 2. The van der Waals surface area contributed by atoms with Gasteiger partial charge in [0.25, 0.3) is 0 Å². The zero-order valence-corrected chi connectivity index (χ0v) is 10.9. The minimum absolute atomic E-state index is 0.0706. The maximum Gasteiger partial charge on any atom is 0.163 e. The monoisotopic (exact) mass is 258 g/mol. The van der Waals surface area contributed by atoms with Crippen LogP contribution in [0.2, 0.25) is 0 Å². The number of aromatic nitrogens is 2. The van der Waals surface area contributed by atoms with Gasteiger partial charge in [-0.05, 0) is 6.92 Å². The number of anilines is 2. The second-order valence-electron chi connectivity index (χ2n) is 4.01.